The highest BCUT2D eigenvalue weighted by atomic mass is 32.1. The molecule has 0 aliphatic rings. The van der Waals surface area contributed by atoms with Crippen molar-refractivity contribution in [2.45, 2.75) is 32.8 Å². The second-order valence-electron chi connectivity index (χ2n) is 4.82. The summed E-state index contributed by atoms with van der Waals surface area (Å²) in [4.78, 5) is 12.9. The van der Waals surface area contributed by atoms with Crippen molar-refractivity contribution in [2.75, 3.05) is 6.54 Å². The third kappa shape index (κ3) is 4.32. The van der Waals surface area contributed by atoms with Gasteiger partial charge in [-0.2, -0.15) is 0 Å². The van der Waals surface area contributed by atoms with Crippen molar-refractivity contribution in [3.8, 4) is 0 Å². The van der Waals surface area contributed by atoms with Crippen LogP contribution in [0.3, 0.4) is 0 Å². The Bertz CT molecular complexity index is 415. The first kappa shape index (κ1) is 13.9. The molecule has 0 unspecified atom stereocenters. The van der Waals surface area contributed by atoms with Gasteiger partial charge >= 0.3 is 5.97 Å². The Kier molecular flexibility index (Phi) is 4.48. The van der Waals surface area contributed by atoms with Gasteiger partial charge < -0.3 is 10.5 Å². The highest BCUT2D eigenvalue weighted by molar-refractivity contribution is 7.10. The normalized spacial score (nSPS) is 11.3. The molecule has 0 amide bonds. The summed E-state index contributed by atoms with van der Waals surface area (Å²) in [6.45, 7) is 9.91. The quantitative estimate of drug-likeness (QED) is 0.663. The zero-order valence-electron chi connectivity index (χ0n) is 10.6. The molecule has 0 spiro atoms. The maximum atomic E-state index is 11.8. The fourth-order valence-electron chi connectivity index (χ4n) is 1.27. The first-order valence-corrected chi connectivity index (χ1v) is 6.41. The van der Waals surface area contributed by atoms with Crippen LogP contribution < -0.4 is 5.73 Å². The number of hydrogen-bond acceptors (Lipinski definition) is 4. The average molecular weight is 253 g/mol. The van der Waals surface area contributed by atoms with Crippen molar-refractivity contribution >= 4 is 22.9 Å². The van der Waals surface area contributed by atoms with Gasteiger partial charge in [0.2, 0.25) is 0 Å². The lowest BCUT2D eigenvalue weighted by Crippen LogP contribution is -2.24. The molecule has 0 aromatic carbocycles. The van der Waals surface area contributed by atoms with Crippen LogP contribution in [0.5, 0.6) is 0 Å². The second-order valence-corrected chi connectivity index (χ2v) is 5.82. The number of hydrogen-bond donors (Lipinski definition) is 1. The number of carbonyl (C=O) groups excluding carboxylic acids is 1. The molecule has 2 N–H and O–H groups in total. The van der Waals surface area contributed by atoms with E-state index in [0.717, 1.165) is 16.9 Å². The van der Waals surface area contributed by atoms with Crippen LogP contribution in [-0.4, -0.2) is 18.1 Å². The average Bonchev–Trinajstić information content (AvgIpc) is 2.63. The van der Waals surface area contributed by atoms with Crippen molar-refractivity contribution in [3.63, 3.8) is 0 Å². The minimum Gasteiger partial charge on any atom is -0.456 e. The molecular formula is C13H19NO2S. The fourth-order valence-corrected chi connectivity index (χ4v) is 2.19. The zero-order chi connectivity index (χ0) is 13.1. The van der Waals surface area contributed by atoms with E-state index >= 15 is 0 Å². The molecule has 0 saturated heterocycles. The number of thiophene rings is 1. The number of nitrogens with two attached hydrogens (primary N) is 1. The topological polar surface area (TPSA) is 52.3 Å². The Hall–Kier alpha value is -1.13. The van der Waals surface area contributed by atoms with Crippen molar-refractivity contribution in [1.29, 1.82) is 0 Å². The van der Waals surface area contributed by atoms with E-state index in [1.54, 1.807) is 11.3 Å². The molecule has 0 aliphatic carbocycles. The Morgan fingerprint density at radius 2 is 2.18 bits per heavy atom. The van der Waals surface area contributed by atoms with Crippen LogP contribution in [0.4, 0.5) is 0 Å². The summed E-state index contributed by atoms with van der Waals surface area (Å²) in [5.74, 6) is -0.366. The standard InChI is InChI=1S/C13H19NO2S/c1-9(12(15)16-13(2,3)4)10-7-11(5-6-14)17-8-10/h7-8H,1,5-6,14H2,2-4H3. The fraction of sp³-hybridized carbons (Fsp3) is 0.462. The van der Waals surface area contributed by atoms with Crippen molar-refractivity contribution in [2.24, 2.45) is 5.73 Å². The lowest BCUT2D eigenvalue weighted by molar-refractivity contribution is -0.147. The minimum absolute atomic E-state index is 0.366. The lowest BCUT2D eigenvalue weighted by Gasteiger charge is -2.19. The smallest absolute Gasteiger partial charge is 0.338 e. The summed E-state index contributed by atoms with van der Waals surface area (Å²) in [5, 5.41) is 1.91. The van der Waals surface area contributed by atoms with Gasteiger partial charge in [-0.1, -0.05) is 6.58 Å². The van der Waals surface area contributed by atoms with Crippen LogP contribution in [0.1, 0.15) is 31.2 Å². The van der Waals surface area contributed by atoms with Crippen LogP contribution >= 0.6 is 11.3 Å². The van der Waals surface area contributed by atoms with Gasteiger partial charge in [0.1, 0.15) is 5.60 Å². The number of rotatable bonds is 4. The van der Waals surface area contributed by atoms with Crippen LogP contribution in [0.15, 0.2) is 18.0 Å². The first-order valence-electron chi connectivity index (χ1n) is 5.53. The molecule has 1 rings (SSSR count). The molecule has 0 aliphatic heterocycles. The highest BCUT2D eigenvalue weighted by Crippen LogP contribution is 2.23. The van der Waals surface area contributed by atoms with E-state index in [4.69, 9.17) is 10.5 Å². The Morgan fingerprint density at radius 1 is 1.53 bits per heavy atom. The second kappa shape index (κ2) is 5.47. The molecular weight excluding hydrogens is 234 g/mol. The SMILES string of the molecule is C=C(C(=O)OC(C)(C)C)c1csc(CCN)c1. The van der Waals surface area contributed by atoms with E-state index in [0.29, 0.717) is 12.1 Å². The predicted molar refractivity (Wildman–Crippen MR) is 72.0 cm³/mol. The van der Waals surface area contributed by atoms with Gasteiger partial charge in [0.05, 0.1) is 5.57 Å². The first-order chi connectivity index (χ1) is 7.83. The van der Waals surface area contributed by atoms with Gasteiger partial charge in [-0.15, -0.1) is 11.3 Å². The van der Waals surface area contributed by atoms with Crippen LogP contribution in [0.25, 0.3) is 5.57 Å². The molecule has 0 bridgehead atoms. The maximum absolute atomic E-state index is 11.8. The molecule has 0 radical (unpaired) electrons. The zero-order valence-corrected chi connectivity index (χ0v) is 11.4. The van der Waals surface area contributed by atoms with Crippen LogP contribution in [0.2, 0.25) is 0 Å². The lowest BCUT2D eigenvalue weighted by atomic mass is 10.1. The van der Waals surface area contributed by atoms with E-state index < -0.39 is 5.60 Å². The molecule has 4 heteroatoms. The van der Waals surface area contributed by atoms with E-state index in [1.165, 1.54) is 0 Å². The molecule has 3 nitrogen and oxygen atoms in total. The molecule has 94 valence electrons. The Morgan fingerprint density at radius 3 is 2.71 bits per heavy atom. The molecule has 1 aromatic rings. The van der Waals surface area contributed by atoms with Gasteiger partial charge in [-0.3, -0.25) is 0 Å². The monoisotopic (exact) mass is 253 g/mol. The molecule has 0 saturated carbocycles. The van der Waals surface area contributed by atoms with Crippen LogP contribution in [0, 0.1) is 0 Å². The minimum atomic E-state index is -0.490. The molecule has 1 aromatic heterocycles. The third-order valence-electron chi connectivity index (χ3n) is 2.04. The summed E-state index contributed by atoms with van der Waals surface area (Å²) >= 11 is 1.59. The summed E-state index contributed by atoms with van der Waals surface area (Å²) in [6, 6.07) is 1.95. The van der Waals surface area contributed by atoms with Crippen molar-refractivity contribution in [1.82, 2.24) is 0 Å². The summed E-state index contributed by atoms with van der Waals surface area (Å²) in [6.07, 6.45) is 0.826. The summed E-state index contributed by atoms with van der Waals surface area (Å²) < 4.78 is 5.26. The van der Waals surface area contributed by atoms with E-state index in [2.05, 4.69) is 6.58 Å². The van der Waals surface area contributed by atoms with Gasteiger partial charge in [0, 0.05) is 4.88 Å². The number of esters is 1. The van der Waals surface area contributed by atoms with E-state index in [9.17, 15) is 4.79 Å². The number of ether oxygens (including phenoxy) is 1. The van der Waals surface area contributed by atoms with E-state index in [1.807, 2.05) is 32.2 Å². The van der Waals surface area contributed by atoms with E-state index in [-0.39, 0.29) is 5.97 Å². The molecule has 0 fully saturated rings. The molecule has 17 heavy (non-hydrogen) atoms. The van der Waals surface area contributed by atoms with Gasteiger partial charge in [0.15, 0.2) is 0 Å². The predicted octanol–water partition coefficient (Wildman–Crippen LogP) is 2.60. The van der Waals surface area contributed by atoms with Gasteiger partial charge in [0.25, 0.3) is 0 Å². The number of carbonyl (C=O) groups is 1. The van der Waals surface area contributed by atoms with Crippen molar-refractivity contribution in [3.05, 3.63) is 28.5 Å². The summed E-state index contributed by atoms with van der Waals surface area (Å²) in [7, 11) is 0. The molecule has 1 heterocycles. The van der Waals surface area contributed by atoms with Gasteiger partial charge in [-0.25, -0.2) is 4.79 Å². The van der Waals surface area contributed by atoms with Crippen LogP contribution in [-0.2, 0) is 16.0 Å². The van der Waals surface area contributed by atoms with Crippen molar-refractivity contribution < 1.29 is 9.53 Å². The largest absolute Gasteiger partial charge is 0.456 e. The Balaban J connectivity index is 2.72. The Labute approximate surface area is 106 Å². The van der Waals surface area contributed by atoms with Gasteiger partial charge in [-0.05, 0) is 50.7 Å². The molecule has 0 atom stereocenters. The maximum Gasteiger partial charge on any atom is 0.338 e. The highest BCUT2D eigenvalue weighted by Gasteiger charge is 2.20. The summed E-state index contributed by atoms with van der Waals surface area (Å²) in [5.41, 5.74) is 6.22. The third-order valence-corrected chi connectivity index (χ3v) is 3.03.